The van der Waals surface area contributed by atoms with Crippen LogP contribution >= 0.6 is 0 Å². The van der Waals surface area contributed by atoms with E-state index in [2.05, 4.69) is 0 Å². The number of fused-ring (bicyclic) bond motifs is 2. The van der Waals surface area contributed by atoms with Gasteiger partial charge in [0.1, 0.15) is 5.75 Å². The van der Waals surface area contributed by atoms with E-state index in [0.717, 1.165) is 16.9 Å². The van der Waals surface area contributed by atoms with E-state index in [1.807, 2.05) is 36.4 Å². The molecule has 0 bridgehead atoms. The molecule has 9 heteroatoms. The Hall–Kier alpha value is -2.62. The predicted octanol–water partition coefficient (Wildman–Crippen LogP) is 2.25. The van der Waals surface area contributed by atoms with Gasteiger partial charge in [-0.05, 0) is 35.7 Å². The van der Waals surface area contributed by atoms with Gasteiger partial charge >= 0.3 is 6.03 Å². The molecule has 2 amide bonds. The van der Waals surface area contributed by atoms with E-state index < -0.39 is 15.6 Å². The van der Waals surface area contributed by atoms with Gasteiger partial charge < -0.3 is 19.3 Å². The first kappa shape index (κ1) is 21.2. The molecule has 3 heterocycles. The zero-order valence-electron chi connectivity index (χ0n) is 18.1. The summed E-state index contributed by atoms with van der Waals surface area (Å²) in [6.45, 7) is 3.28. The van der Waals surface area contributed by atoms with Crippen molar-refractivity contribution in [2.45, 2.75) is 23.4 Å². The molecule has 170 valence electrons. The van der Waals surface area contributed by atoms with E-state index in [1.165, 1.54) is 0 Å². The van der Waals surface area contributed by atoms with Gasteiger partial charge in [0.15, 0.2) is 0 Å². The Morgan fingerprint density at radius 1 is 1.03 bits per heavy atom. The molecule has 2 aromatic rings. The number of carbonyl (C=O) groups is 1. The molecule has 2 fully saturated rings. The third kappa shape index (κ3) is 3.35. The van der Waals surface area contributed by atoms with E-state index in [1.54, 1.807) is 33.3 Å². The number of hydrogen-bond donors (Lipinski definition) is 0. The summed E-state index contributed by atoms with van der Waals surface area (Å²) in [5.41, 5.74) is 0.891. The molecule has 0 N–H and O–H groups in total. The van der Waals surface area contributed by atoms with Crippen molar-refractivity contribution < 1.29 is 22.7 Å². The fourth-order valence-corrected chi connectivity index (χ4v) is 7.08. The second-order valence-corrected chi connectivity index (χ2v) is 10.3. The van der Waals surface area contributed by atoms with Gasteiger partial charge in [0.2, 0.25) is 10.0 Å². The molecule has 0 unspecified atom stereocenters. The number of amides is 2. The first-order valence-electron chi connectivity index (χ1n) is 10.8. The SMILES string of the molecule is COc1ccc(CN2[C@@]3(CCN(C(=O)N4CCOCC4)C3)c3ccccc3S2(=O)=O)cc1. The third-order valence-corrected chi connectivity index (χ3v) is 8.69. The van der Waals surface area contributed by atoms with Crippen LogP contribution in [0.5, 0.6) is 5.75 Å². The minimum absolute atomic E-state index is 0.0450. The molecule has 1 spiro atoms. The van der Waals surface area contributed by atoms with Crippen LogP contribution in [0.25, 0.3) is 0 Å². The lowest BCUT2D eigenvalue weighted by molar-refractivity contribution is 0.0439. The zero-order chi connectivity index (χ0) is 22.3. The smallest absolute Gasteiger partial charge is 0.320 e. The van der Waals surface area contributed by atoms with Gasteiger partial charge in [0.05, 0.1) is 30.8 Å². The average Bonchev–Trinajstić information content (AvgIpc) is 3.35. The van der Waals surface area contributed by atoms with E-state index in [4.69, 9.17) is 9.47 Å². The zero-order valence-corrected chi connectivity index (χ0v) is 18.9. The molecule has 5 rings (SSSR count). The number of morpholine rings is 1. The summed E-state index contributed by atoms with van der Waals surface area (Å²) in [5, 5.41) is 0. The number of carbonyl (C=O) groups excluding carboxylic acids is 1. The van der Waals surface area contributed by atoms with Crippen LogP contribution in [0, 0.1) is 0 Å². The number of likely N-dealkylation sites (tertiary alicyclic amines) is 1. The number of benzene rings is 2. The van der Waals surface area contributed by atoms with Crippen LogP contribution in [0.4, 0.5) is 4.79 Å². The standard InChI is InChI=1S/C23H27N3O5S/c1-30-19-8-6-18(7-9-19)16-26-23(20-4-2-3-5-21(20)32(26,28)29)10-11-25(17-23)22(27)24-12-14-31-15-13-24/h2-9H,10-17H2,1H3/t23-/m1/s1. The van der Waals surface area contributed by atoms with Crippen molar-refractivity contribution in [1.29, 1.82) is 0 Å². The summed E-state index contributed by atoms with van der Waals surface area (Å²) in [7, 11) is -2.09. The fourth-order valence-electron chi connectivity index (χ4n) is 5.03. The first-order chi connectivity index (χ1) is 15.5. The number of rotatable bonds is 3. The molecule has 0 radical (unpaired) electrons. The van der Waals surface area contributed by atoms with Crippen LogP contribution in [0.15, 0.2) is 53.4 Å². The normalized spacial score (nSPS) is 24.7. The van der Waals surface area contributed by atoms with E-state index in [9.17, 15) is 13.2 Å². The van der Waals surface area contributed by atoms with Gasteiger partial charge in [-0.25, -0.2) is 13.2 Å². The maximum absolute atomic E-state index is 13.6. The van der Waals surface area contributed by atoms with Crippen molar-refractivity contribution in [3.8, 4) is 5.75 Å². The molecular formula is C23H27N3O5S. The largest absolute Gasteiger partial charge is 0.497 e. The molecule has 1 atom stereocenters. The Labute approximate surface area is 188 Å². The summed E-state index contributed by atoms with van der Waals surface area (Å²) < 4.78 is 39.4. The molecule has 3 aliphatic heterocycles. The topological polar surface area (TPSA) is 79.4 Å². The highest BCUT2D eigenvalue weighted by molar-refractivity contribution is 7.89. The third-order valence-electron chi connectivity index (χ3n) is 6.72. The molecule has 8 nitrogen and oxygen atoms in total. The monoisotopic (exact) mass is 457 g/mol. The van der Waals surface area contributed by atoms with Crippen molar-refractivity contribution in [1.82, 2.24) is 14.1 Å². The molecular weight excluding hydrogens is 430 g/mol. The van der Waals surface area contributed by atoms with Crippen LogP contribution in [-0.4, -0.2) is 75.1 Å². The molecule has 2 saturated heterocycles. The van der Waals surface area contributed by atoms with E-state index >= 15 is 0 Å². The Bertz CT molecular complexity index is 1110. The summed E-state index contributed by atoms with van der Waals surface area (Å²) in [6, 6.07) is 14.6. The Morgan fingerprint density at radius 2 is 1.75 bits per heavy atom. The van der Waals surface area contributed by atoms with Crippen molar-refractivity contribution in [2.24, 2.45) is 0 Å². The van der Waals surface area contributed by atoms with Crippen LogP contribution in [-0.2, 0) is 26.8 Å². The number of ether oxygens (including phenoxy) is 2. The van der Waals surface area contributed by atoms with Crippen LogP contribution in [0.3, 0.4) is 0 Å². The summed E-state index contributed by atoms with van der Waals surface area (Å²) in [5.74, 6) is 0.721. The average molecular weight is 458 g/mol. The Kier molecular flexibility index (Phi) is 5.35. The quantitative estimate of drug-likeness (QED) is 0.707. The lowest BCUT2D eigenvalue weighted by atomic mass is 9.88. The molecule has 0 saturated carbocycles. The van der Waals surface area contributed by atoms with Crippen molar-refractivity contribution in [3.63, 3.8) is 0 Å². The minimum Gasteiger partial charge on any atom is -0.497 e. The maximum Gasteiger partial charge on any atom is 0.320 e. The second-order valence-electron chi connectivity index (χ2n) is 8.44. The predicted molar refractivity (Wildman–Crippen MR) is 118 cm³/mol. The lowest BCUT2D eigenvalue weighted by Crippen LogP contribution is -2.50. The molecule has 0 aromatic heterocycles. The lowest BCUT2D eigenvalue weighted by Gasteiger charge is -2.35. The highest BCUT2D eigenvalue weighted by Gasteiger charge is 2.57. The highest BCUT2D eigenvalue weighted by Crippen LogP contribution is 2.50. The van der Waals surface area contributed by atoms with Crippen molar-refractivity contribution >= 4 is 16.1 Å². The molecule has 0 aliphatic carbocycles. The second kappa shape index (κ2) is 8.06. The number of methoxy groups -OCH3 is 1. The number of nitrogens with zero attached hydrogens (tertiary/aromatic N) is 3. The van der Waals surface area contributed by atoms with Gasteiger partial charge in [0.25, 0.3) is 0 Å². The minimum atomic E-state index is -3.70. The van der Waals surface area contributed by atoms with Gasteiger partial charge in [-0.15, -0.1) is 0 Å². The highest BCUT2D eigenvalue weighted by atomic mass is 32.2. The van der Waals surface area contributed by atoms with Crippen LogP contribution in [0.1, 0.15) is 17.5 Å². The Morgan fingerprint density at radius 3 is 2.47 bits per heavy atom. The number of sulfonamides is 1. The summed E-state index contributed by atoms with van der Waals surface area (Å²) in [4.78, 5) is 17.1. The fraction of sp³-hybridized carbons (Fsp3) is 0.435. The number of urea groups is 1. The van der Waals surface area contributed by atoms with E-state index in [0.29, 0.717) is 50.7 Å². The summed E-state index contributed by atoms with van der Waals surface area (Å²) in [6.07, 6.45) is 0.565. The van der Waals surface area contributed by atoms with Gasteiger partial charge in [-0.1, -0.05) is 30.3 Å². The maximum atomic E-state index is 13.6. The van der Waals surface area contributed by atoms with Gasteiger partial charge in [0, 0.05) is 32.7 Å². The van der Waals surface area contributed by atoms with Crippen molar-refractivity contribution in [2.75, 3.05) is 46.5 Å². The van der Waals surface area contributed by atoms with E-state index in [-0.39, 0.29) is 12.6 Å². The summed E-state index contributed by atoms with van der Waals surface area (Å²) >= 11 is 0. The Balaban J connectivity index is 1.49. The first-order valence-corrected chi connectivity index (χ1v) is 12.3. The van der Waals surface area contributed by atoms with Gasteiger partial charge in [-0.3, -0.25) is 0 Å². The van der Waals surface area contributed by atoms with Gasteiger partial charge in [-0.2, -0.15) is 4.31 Å². The molecule has 2 aromatic carbocycles. The molecule has 32 heavy (non-hydrogen) atoms. The molecule has 3 aliphatic rings. The van der Waals surface area contributed by atoms with Crippen molar-refractivity contribution in [3.05, 3.63) is 59.7 Å². The van der Waals surface area contributed by atoms with Crippen LogP contribution in [0.2, 0.25) is 0 Å². The van der Waals surface area contributed by atoms with Crippen LogP contribution < -0.4 is 4.74 Å². The number of hydrogen-bond acceptors (Lipinski definition) is 5.